The van der Waals surface area contributed by atoms with Gasteiger partial charge in [0.05, 0.1) is 30.8 Å². The maximum atomic E-state index is 13.8. The summed E-state index contributed by atoms with van der Waals surface area (Å²) < 4.78 is 19.0. The number of benzene rings is 1. The molecule has 2 rings (SSSR count). The molecule has 31 heavy (non-hydrogen) atoms. The number of esters is 1. The molecule has 1 aliphatic carbocycles. The number of carbonyl (C=O) groups excluding carboxylic acids is 1. The van der Waals surface area contributed by atoms with Crippen LogP contribution in [0.15, 0.2) is 18.2 Å². The van der Waals surface area contributed by atoms with Crippen LogP contribution in [0, 0.1) is 24.6 Å². The van der Waals surface area contributed by atoms with Crippen molar-refractivity contribution in [2.75, 3.05) is 6.61 Å². The summed E-state index contributed by atoms with van der Waals surface area (Å²) in [6, 6.07) is 4.52. The van der Waals surface area contributed by atoms with Gasteiger partial charge in [0.2, 0.25) is 0 Å². The fourth-order valence-electron chi connectivity index (χ4n) is 4.95. The number of unbranched alkanes of at least 4 members (excludes halogenated alkanes) is 2. The van der Waals surface area contributed by atoms with Crippen molar-refractivity contribution < 1.29 is 29.2 Å². The fourth-order valence-corrected chi connectivity index (χ4v) is 4.95. The molecule has 0 amide bonds. The lowest BCUT2D eigenvalue weighted by atomic mass is 9.84. The monoisotopic (exact) mass is 438 g/mol. The van der Waals surface area contributed by atoms with Crippen LogP contribution in [0.25, 0.3) is 0 Å². The Morgan fingerprint density at radius 3 is 2.45 bits per heavy atom. The third-order valence-corrected chi connectivity index (χ3v) is 6.66. The number of aliphatic hydroxyl groups excluding tert-OH is 3. The van der Waals surface area contributed by atoms with Gasteiger partial charge in [-0.3, -0.25) is 4.79 Å². The Balaban J connectivity index is 1.89. The summed E-state index contributed by atoms with van der Waals surface area (Å²) >= 11 is 0. The average molecular weight is 439 g/mol. The van der Waals surface area contributed by atoms with Crippen LogP contribution in [0.2, 0.25) is 0 Å². The molecular formula is C25H39FO5. The lowest BCUT2D eigenvalue weighted by molar-refractivity contribution is -0.145. The van der Waals surface area contributed by atoms with E-state index in [2.05, 4.69) is 0 Å². The van der Waals surface area contributed by atoms with Crippen LogP contribution in [-0.2, 0) is 9.53 Å². The maximum Gasteiger partial charge on any atom is 0.313 e. The minimum atomic E-state index is -0.511. The summed E-state index contributed by atoms with van der Waals surface area (Å²) in [5, 5.41) is 30.2. The Labute approximate surface area is 185 Å². The molecule has 6 atom stereocenters. The van der Waals surface area contributed by atoms with Crippen molar-refractivity contribution in [2.24, 2.45) is 11.8 Å². The molecule has 1 aromatic rings. The van der Waals surface area contributed by atoms with E-state index in [1.165, 1.54) is 12.1 Å². The lowest BCUT2D eigenvalue weighted by Crippen LogP contribution is -2.23. The Hall–Kier alpha value is -1.50. The van der Waals surface area contributed by atoms with Gasteiger partial charge in [-0.05, 0) is 88.0 Å². The molecule has 3 N–H and O–H groups in total. The van der Waals surface area contributed by atoms with E-state index in [0.717, 1.165) is 31.2 Å². The minimum Gasteiger partial charge on any atom is -0.466 e. The average Bonchev–Trinajstić information content (AvgIpc) is 2.97. The van der Waals surface area contributed by atoms with Crippen LogP contribution >= 0.6 is 0 Å². The highest BCUT2D eigenvalue weighted by Gasteiger charge is 2.40. The zero-order valence-electron chi connectivity index (χ0n) is 19.1. The molecule has 5 nitrogen and oxygen atoms in total. The molecule has 0 spiro atoms. The summed E-state index contributed by atoms with van der Waals surface area (Å²) in [7, 11) is 0. The lowest BCUT2D eigenvalue weighted by Gasteiger charge is -2.24. The van der Waals surface area contributed by atoms with Gasteiger partial charge in [-0.1, -0.05) is 25.3 Å². The van der Waals surface area contributed by atoms with Gasteiger partial charge in [-0.25, -0.2) is 4.39 Å². The molecule has 0 heterocycles. The molecule has 1 saturated carbocycles. The Morgan fingerprint density at radius 1 is 1.13 bits per heavy atom. The highest BCUT2D eigenvalue weighted by atomic mass is 19.1. The number of halogens is 1. The van der Waals surface area contributed by atoms with Gasteiger partial charge in [-0.15, -0.1) is 0 Å². The van der Waals surface area contributed by atoms with E-state index in [9.17, 15) is 24.5 Å². The quantitative estimate of drug-likeness (QED) is 0.335. The van der Waals surface area contributed by atoms with Crippen molar-refractivity contribution in [1.82, 2.24) is 0 Å². The molecule has 1 aliphatic rings. The Kier molecular flexibility index (Phi) is 10.4. The van der Waals surface area contributed by atoms with E-state index in [1.54, 1.807) is 19.9 Å². The number of rotatable bonds is 12. The number of hydrogen-bond acceptors (Lipinski definition) is 5. The topological polar surface area (TPSA) is 87.0 Å². The van der Waals surface area contributed by atoms with Crippen molar-refractivity contribution in [3.05, 3.63) is 35.1 Å². The second-order valence-corrected chi connectivity index (χ2v) is 9.07. The first-order chi connectivity index (χ1) is 14.7. The van der Waals surface area contributed by atoms with Gasteiger partial charge in [0, 0.05) is 0 Å². The van der Waals surface area contributed by atoms with Crippen LogP contribution in [0.5, 0.6) is 0 Å². The van der Waals surface area contributed by atoms with Gasteiger partial charge in [0.25, 0.3) is 0 Å². The number of aliphatic hydroxyl groups is 3. The van der Waals surface area contributed by atoms with Crippen LogP contribution < -0.4 is 0 Å². The van der Waals surface area contributed by atoms with Crippen LogP contribution in [0.3, 0.4) is 0 Å². The zero-order chi connectivity index (χ0) is 23.0. The molecule has 176 valence electrons. The molecule has 1 aromatic carbocycles. The highest BCUT2D eigenvalue weighted by molar-refractivity contribution is 5.78. The number of hydrogen-bond donors (Lipinski definition) is 3. The standard InChI is InChI=1S/C25H39FO5/c1-4-31-25(30)21(22-14-18(26)12-10-16(22)2)9-7-5-6-8-19-20(13-11-17(3)27)24(29)15-23(19)28/h10,12,14,17,19-21,23-24,27-29H,4-9,11,13,15H2,1-3H3/t17?,19-,20-,21?,23+,24-/m1/s1. The molecule has 6 heteroatoms. The van der Waals surface area contributed by atoms with Gasteiger partial charge in [0.15, 0.2) is 0 Å². The van der Waals surface area contributed by atoms with Crippen molar-refractivity contribution >= 4 is 5.97 Å². The fraction of sp³-hybridized carbons (Fsp3) is 0.720. The molecule has 0 bridgehead atoms. The molecule has 0 aliphatic heterocycles. The Morgan fingerprint density at radius 2 is 1.81 bits per heavy atom. The predicted molar refractivity (Wildman–Crippen MR) is 118 cm³/mol. The molecule has 2 unspecified atom stereocenters. The minimum absolute atomic E-state index is 0.0202. The summed E-state index contributed by atoms with van der Waals surface area (Å²) in [6.45, 7) is 5.68. The number of carbonyl (C=O) groups is 1. The van der Waals surface area contributed by atoms with E-state index in [1.807, 2.05) is 6.92 Å². The van der Waals surface area contributed by atoms with Crippen molar-refractivity contribution in [3.8, 4) is 0 Å². The predicted octanol–water partition coefficient (Wildman–Crippen LogP) is 4.25. The van der Waals surface area contributed by atoms with E-state index in [4.69, 9.17) is 4.74 Å². The van der Waals surface area contributed by atoms with Gasteiger partial charge < -0.3 is 20.1 Å². The smallest absolute Gasteiger partial charge is 0.313 e. The van der Waals surface area contributed by atoms with E-state index in [0.29, 0.717) is 37.9 Å². The van der Waals surface area contributed by atoms with Crippen molar-refractivity contribution in [3.63, 3.8) is 0 Å². The summed E-state index contributed by atoms with van der Waals surface area (Å²) in [5.74, 6) is -1.09. The molecule has 0 saturated heterocycles. The second-order valence-electron chi connectivity index (χ2n) is 9.07. The van der Waals surface area contributed by atoms with Crippen LogP contribution in [0.1, 0.15) is 82.3 Å². The second kappa shape index (κ2) is 12.5. The first-order valence-corrected chi connectivity index (χ1v) is 11.7. The van der Waals surface area contributed by atoms with Gasteiger partial charge in [0.1, 0.15) is 5.82 Å². The number of aryl methyl sites for hydroxylation is 1. The Bertz CT molecular complexity index is 692. The van der Waals surface area contributed by atoms with E-state index >= 15 is 0 Å². The number of ether oxygens (including phenoxy) is 1. The van der Waals surface area contributed by atoms with E-state index in [-0.39, 0.29) is 23.6 Å². The van der Waals surface area contributed by atoms with E-state index < -0.39 is 24.2 Å². The normalized spacial score (nSPS) is 25.4. The van der Waals surface area contributed by atoms with Crippen LogP contribution in [-0.4, -0.2) is 46.2 Å². The summed E-state index contributed by atoms with van der Waals surface area (Å²) in [6.07, 6.45) is 4.28. The first kappa shape index (κ1) is 25.8. The van der Waals surface area contributed by atoms with Crippen molar-refractivity contribution in [2.45, 2.75) is 96.4 Å². The van der Waals surface area contributed by atoms with Gasteiger partial charge in [-0.2, -0.15) is 0 Å². The van der Waals surface area contributed by atoms with Crippen LogP contribution in [0.4, 0.5) is 4.39 Å². The third-order valence-electron chi connectivity index (χ3n) is 6.66. The zero-order valence-corrected chi connectivity index (χ0v) is 19.1. The molecule has 1 fully saturated rings. The summed E-state index contributed by atoms with van der Waals surface area (Å²) in [5.41, 5.74) is 1.56. The third kappa shape index (κ3) is 7.55. The van der Waals surface area contributed by atoms with Gasteiger partial charge >= 0.3 is 5.97 Å². The SMILES string of the molecule is CCOC(=O)C(CCCCC[C@@H]1[C@@H](CCC(C)O)[C@H](O)C[C@@H]1O)c1cc(F)ccc1C. The maximum absolute atomic E-state index is 13.8. The molecule has 0 aromatic heterocycles. The summed E-state index contributed by atoms with van der Waals surface area (Å²) in [4.78, 5) is 12.5. The largest absolute Gasteiger partial charge is 0.466 e. The first-order valence-electron chi connectivity index (χ1n) is 11.7. The van der Waals surface area contributed by atoms with Crippen molar-refractivity contribution in [1.29, 1.82) is 0 Å². The molecular weight excluding hydrogens is 399 g/mol. The highest BCUT2D eigenvalue weighted by Crippen LogP contribution is 2.39. The molecule has 0 radical (unpaired) electrons.